The molecule has 2 atom stereocenters. The smallest absolute Gasteiger partial charge is 0.346 e. The van der Waals surface area contributed by atoms with Gasteiger partial charge in [-0.2, -0.15) is 0 Å². The number of esters is 2. The van der Waals surface area contributed by atoms with Crippen LogP contribution in [0.3, 0.4) is 0 Å². The molecule has 0 radical (unpaired) electrons. The van der Waals surface area contributed by atoms with Crippen LogP contribution in [0.2, 0.25) is 0 Å². The third-order valence-corrected chi connectivity index (χ3v) is 11.8. The van der Waals surface area contributed by atoms with E-state index in [1.54, 1.807) is 13.8 Å². The molecule has 34 heavy (non-hydrogen) atoms. The second-order valence-electron chi connectivity index (χ2n) is 8.98. The van der Waals surface area contributed by atoms with Crippen LogP contribution in [0.5, 0.6) is 0 Å². The van der Waals surface area contributed by atoms with Gasteiger partial charge in [0.15, 0.2) is 11.3 Å². The summed E-state index contributed by atoms with van der Waals surface area (Å²) in [7, 11) is -8.62. The molecule has 2 saturated heterocycles. The van der Waals surface area contributed by atoms with Gasteiger partial charge in [-0.1, -0.05) is 27.7 Å². The zero-order chi connectivity index (χ0) is 25.6. The molecule has 0 aromatic rings. The molecule has 2 fully saturated rings. The van der Waals surface area contributed by atoms with Crippen LogP contribution in [0.25, 0.3) is 0 Å². The lowest BCUT2D eigenvalue weighted by Crippen LogP contribution is -2.48. The minimum atomic E-state index is -4.31. The Morgan fingerprint density at radius 1 is 0.647 bits per heavy atom. The van der Waals surface area contributed by atoms with Crippen LogP contribution in [0, 0.1) is 10.8 Å². The van der Waals surface area contributed by atoms with Gasteiger partial charge in [0, 0.05) is 10.8 Å². The zero-order valence-corrected chi connectivity index (χ0v) is 23.0. The maximum Gasteiger partial charge on any atom is 0.346 e. The van der Waals surface area contributed by atoms with Crippen LogP contribution in [0.1, 0.15) is 67.2 Å². The Morgan fingerprint density at radius 3 is 1.12 bits per heavy atom. The molecule has 0 unspecified atom stereocenters. The van der Waals surface area contributed by atoms with Crippen molar-refractivity contribution in [1.82, 2.24) is 0 Å². The molecule has 0 aliphatic carbocycles. The SMILES string of the molecule is CCOC(=O)[C@@H]([C@H](C(=O)OCC)P1(=O)OCC(CC)(CC)CO1)P1(=O)OCC(CC)(CC)CO1. The highest BCUT2D eigenvalue weighted by molar-refractivity contribution is 7.60. The van der Waals surface area contributed by atoms with Crippen molar-refractivity contribution in [2.45, 2.75) is 78.5 Å². The Hall–Kier alpha value is -0.760. The van der Waals surface area contributed by atoms with E-state index >= 15 is 0 Å². The van der Waals surface area contributed by atoms with E-state index in [9.17, 15) is 18.7 Å². The number of carbonyl (C=O) groups excluding carboxylic acids is 2. The van der Waals surface area contributed by atoms with E-state index in [0.29, 0.717) is 25.7 Å². The molecular weight excluding hydrogens is 486 g/mol. The van der Waals surface area contributed by atoms with Crippen LogP contribution in [-0.2, 0) is 46.3 Å². The highest BCUT2D eigenvalue weighted by Crippen LogP contribution is 2.68. The van der Waals surface area contributed by atoms with Crippen molar-refractivity contribution in [1.29, 1.82) is 0 Å². The summed E-state index contributed by atoms with van der Waals surface area (Å²) < 4.78 is 61.1. The fourth-order valence-electron chi connectivity index (χ4n) is 4.02. The van der Waals surface area contributed by atoms with Gasteiger partial charge < -0.3 is 27.6 Å². The minimum Gasteiger partial charge on any atom is -0.465 e. The Labute approximate surface area is 202 Å². The molecule has 0 aromatic carbocycles. The lowest BCUT2D eigenvalue weighted by molar-refractivity contribution is -0.150. The molecule has 2 aliphatic heterocycles. The Bertz CT molecular complexity index is 712. The van der Waals surface area contributed by atoms with Crippen LogP contribution in [0.15, 0.2) is 0 Å². The van der Waals surface area contributed by atoms with E-state index in [1.165, 1.54) is 0 Å². The van der Waals surface area contributed by atoms with Gasteiger partial charge >= 0.3 is 27.1 Å². The van der Waals surface area contributed by atoms with Crippen LogP contribution in [-0.4, -0.2) is 62.9 Å². The van der Waals surface area contributed by atoms with E-state index in [1.807, 2.05) is 27.7 Å². The molecule has 0 spiro atoms. The second kappa shape index (κ2) is 12.0. The predicted octanol–water partition coefficient (Wildman–Crippen LogP) is 4.94. The Morgan fingerprint density at radius 2 is 0.912 bits per heavy atom. The summed E-state index contributed by atoms with van der Waals surface area (Å²) in [5.41, 5.74) is -4.45. The summed E-state index contributed by atoms with van der Waals surface area (Å²) >= 11 is 0. The predicted molar refractivity (Wildman–Crippen MR) is 126 cm³/mol. The normalized spacial score (nSPS) is 24.5. The monoisotopic (exact) mass is 526 g/mol. The summed E-state index contributed by atoms with van der Waals surface area (Å²) in [6, 6.07) is 0. The van der Waals surface area contributed by atoms with Gasteiger partial charge in [-0.15, -0.1) is 0 Å². The molecule has 0 amide bonds. The number of ether oxygens (including phenoxy) is 2. The number of rotatable bonds is 11. The Kier molecular flexibility index (Phi) is 10.4. The summed E-state index contributed by atoms with van der Waals surface area (Å²) in [6.45, 7) is 11.1. The lowest BCUT2D eigenvalue weighted by atomic mass is 9.84. The molecule has 198 valence electrons. The van der Waals surface area contributed by atoms with Crippen molar-refractivity contribution in [2.24, 2.45) is 10.8 Å². The molecule has 0 N–H and O–H groups in total. The van der Waals surface area contributed by atoms with Crippen molar-refractivity contribution in [3.8, 4) is 0 Å². The van der Waals surface area contributed by atoms with E-state index in [4.69, 9.17) is 27.6 Å². The minimum absolute atomic E-state index is 0.0560. The van der Waals surface area contributed by atoms with Gasteiger partial charge in [0.05, 0.1) is 39.6 Å². The first-order valence-corrected chi connectivity index (χ1v) is 15.4. The van der Waals surface area contributed by atoms with Crippen molar-refractivity contribution in [3.05, 3.63) is 0 Å². The molecule has 2 rings (SSSR count). The molecule has 0 bridgehead atoms. The van der Waals surface area contributed by atoms with Gasteiger partial charge in [0.25, 0.3) is 0 Å². The number of hydrogen-bond donors (Lipinski definition) is 0. The molecule has 2 aliphatic rings. The molecular formula is C22H40O10P2. The first kappa shape index (κ1) is 29.5. The fraction of sp³-hybridized carbons (Fsp3) is 0.909. The van der Waals surface area contributed by atoms with Crippen LogP contribution >= 0.6 is 15.2 Å². The van der Waals surface area contributed by atoms with Crippen molar-refractivity contribution >= 4 is 27.1 Å². The average molecular weight is 527 g/mol. The van der Waals surface area contributed by atoms with Gasteiger partial charge in [-0.25, -0.2) is 0 Å². The highest BCUT2D eigenvalue weighted by Gasteiger charge is 2.63. The van der Waals surface area contributed by atoms with Crippen molar-refractivity contribution in [2.75, 3.05) is 39.6 Å². The summed E-state index contributed by atoms with van der Waals surface area (Å²) in [5.74, 6) is -2.07. The van der Waals surface area contributed by atoms with Crippen LogP contribution in [0.4, 0.5) is 0 Å². The van der Waals surface area contributed by atoms with Crippen LogP contribution < -0.4 is 0 Å². The quantitative estimate of drug-likeness (QED) is 0.270. The van der Waals surface area contributed by atoms with Gasteiger partial charge in [-0.3, -0.25) is 18.7 Å². The second-order valence-corrected chi connectivity index (χ2v) is 13.3. The summed E-state index contributed by atoms with van der Waals surface area (Å²) in [5, 5.41) is 0. The standard InChI is InChI=1S/C22H40O10P2/c1-7-21(8-2)13-29-33(25,30-14-21)17(19(23)27-11-5)18(20(24)28-12-6)34(26)31-15-22(9-3,10-4)16-32-34/h17-18H,7-16H2,1-6H3/t17-,18-/m1/s1. The zero-order valence-electron chi connectivity index (χ0n) is 21.2. The molecule has 0 aromatic heterocycles. The maximum atomic E-state index is 14.0. The Balaban J connectivity index is 2.51. The van der Waals surface area contributed by atoms with Crippen molar-refractivity contribution in [3.63, 3.8) is 0 Å². The lowest BCUT2D eigenvalue weighted by Gasteiger charge is -2.43. The van der Waals surface area contributed by atoms with E-state index in [-0.39, 0.29) is 50.5 Å². The van der Waals surface area contributed by atoms with Gasteiger partial charge in [0.1, 0.15) is 0 Å². The largest absolute Gasteiger partial charge is 0.465 e. The summed E-state index contributed by atoms with van der Waals surface area (Å²) in [4.78, 5) is 26.3. The molecule has 2 heterocycles. The van der Waals surface area contributed by atoms with E-state index in [0.717, 1.165) is 0 Å². The van der Waals surface area contributed by atoms with Crippen molar-refractivity contribution < 1.29 is 46.3 Å². The maximum absolute atomic E-state index is 14.0. The topological polar surface area (TPSA) is 124 Å². The third-order valence-electron chi connectivity index (χ3n) is 7.24. The molecule has 10 nitrogen and oxygen atoms in total. The fourth-order valence-corrected chi connectivity index (χ4v) is 9.21. The molecule has 0 saturated carbocycles. The van der Waals surface area contributed by atoms with Gasteiger partial charge in [-0.05, 0) is 39.5 Å². The third kappa shape index (κ3) is 5.96. The van der Waals surface area contributed by atoms with Gasteiger partial charge in [0.2, 0.25) is 0 Å². The molecule has 12 heteroatoms. The van der Waals surface area contributed by atoms with E-state index < -0.39 is 38.4 Å². The average Bonchev–Trinajstić information content (AvgIpc) is 2.84. The number of carbonyl (C=O) groups is 2. The number of hydrogen-bond acceptors (Lipinski definition) is 10. The van der Waals surface area contributed by atoms with E-state index in [2.05, 4.69) is 0 Å². The first-order chi connectivity index (χ1) is 16.0. The highest BCUT2D eigenvalue weighted by atomic mass is 31.2. The summed E-state index contributed by atoms with van der Waals surface area (Å²) in [6.07, 6.45) is 2.82. The first-order valence-electron chi connectivity index (χ1n) is 12.1.